The van der Waals surface area contributed by atoms with E-state index in [0.717, 1.165) is 81.2 Å². The summed E-state index contributed by atoms with van der Waals surface area (Å²) in [6.45, 7) is 3.45. The zero-order valence-electron chi connectivity index (χ0n) is 21.5. The molecule has 194 valence electrons. The monoisotopic (exact) mass is 492 g/mol. The van der Waals surface area contributed by atoms with Crippen LogP contribution in [-0.4, -0.2) is 71.4 Å². The Morgan fingerprint density at radius 2 is 1.97 bits per heavy atom. The second-order valence-corrected chi connectivity index (χ2v) is 10.0. The molecule has 2 heterocycles. The van der Waals surface area contributed by atoms with Crippen LogP contribution >= 0.6 is 0 Å². The average molecular weight is 493 g/mol. The van der Waals surface area contributed by atoms with Crippen LogP contribution in [0, 0.1) is 5.92 Å². The van der Waals surface area contributed by atoms with Gasteiger partial charge in [0.25, 0.3) is 0 Å². The van der Waals surface area contributed by atoms with Gasteiger partial charge in [-0.2, -0.15) is 0 Å². The summed E-state index contributed by atoms with van der Waals surface area (Å²) in [6, 6.07) is 9.91. The van der Waals surface area contributed by atoms with E-state index in [1.54, 1.807) is 6.33 Å². The minimum atomic E-state index is -0.512. The number of aliphatic hydroxyl groups excluding tert-OH is 1. The molecule has 4 N–H and O–H groups in total. The number of aliphatic hydroxyl groups is 1. The highest BCUT2D eigenvalue weighted by Crippen LogP contribution is 2.38. The molecule has 1 aromatic heterocycles. The maximum atomic E-state index is 10.5. The summed E-state index contributed by atoms with van der Waals surface area (Å²) in [5.74, 6) is 4.08. The molecule has 36 heavy (non-hydrogen) atoms. The van der Waals surface area contributed by atoms with Crippen molar-refractivity contribution in [2.45, 2.75) is 44.2 Å². The number of allylic oxidation sites excluding steroid dienone is 2. The zero-order valence-corrected chi connectivity index (χ0v) is 21.5. The first-order chi connectivity index (χ1) is 17.5. The van der Waals surface area contributed by atoms with E-state index in [9.17, 15) is 5.11 Å². The molecule has 2 atom stereocenters. The molecule has 8 nitrogen and oxygen atoms in total. The molecule has 4 rings (SSSR count). The lowest BCUT2D eigenvalue weighted by Gasteiger charge is -2.34. The standard InChI is InChI=1S/C28H40N6O2/c1-33(2)16-6-9-25(35)34-17-14-21(15-18-34)19-30-28-26(27(29)31-20-32-28)22-10-12-24(13-11-22)36-23-7-4-3-5-8-23/h3-9,12,20-22,25,35H,10-11,13-19H2,1-2H3,(H3,29,30,31,32)/b9-6+. The van der Waals surface area contributed by atoms with Crippen molar-refractivity contribution in [2.75, 3.05) is 51.3 Å². The number of likely N-dealkylation sites (tertiary alicyclic amines) is 1. The molecule has 2 unspecified atom stereocenters. The quantitative estimate of drug-likeness (QED) is 0.430. The van der Waals surface area contributed by atoms with Gasteiger partial charge >= 0.3 is 0 Å². The summed E-state index contributed by atoms with van der Waals surface area (Å²) in [5, 5.41) is 14.0. The van der Waals surface area contributed by atoms with Gasteiger partial charge in [0, 0.05) is 38.2 Å². The molecule has 0 radical (unpaired) electrons. The Morgan fingerprint density at radius 3 is 2.67 bits per heavy atom. The highest BCUT2D eigenvalue weighted by Gasteiger charge is 2.26. The van der Waals surface area contributed by atoms with Gasteiger partial charge in [-0.1, -0.05) is 24.3 Å². The Balaban J connectivity index is 1.29. The second kappa shape index (κ2) is 12.9. The van der Waals surface area contributed by atoms with Crippen molar-refractivity contribution in [2.24, 2.45) is 5.92 Å². The minimum Gasteiger partial charge on any atom is -0.462 e. The van der Waals surface area contributed by atoms with Crippen molar-refractivity contribution in [3.63, 3.8) is 0 Å². The molecule has 1 saturated heterocycles. The number of nitrogens with two attached hydrogens (primary N) is 1. The Bertz CT molecular complexity index is 1020. The Labute approximate surface area is 214 Å². The normalized spacial score (nSPS) is 20.4. The number of anilines is 2. The number of nitrogens with one attached hydrogen (secondary N) is 1. The number of hydrogen-bond acceptors (Lipinski definition) is 8. The number of rotatable bonds is 10. The third-order valence-corrected chi connectivity index (χ3v) is 7.04. The maximum absolute atomic E-state index is 10.5. The lowest BCUT2D eigenvalue weighted by molar-refractivity contribution is 0.0181. The van der Waals surface area contributed by atoms with E-state index in [0.29, 0.717) is 11.7 Å². The second-order valence-electron chi connectivity index (χ2n) is 10.0. The lowest BCUT2D eigenvalue weighted by Crippen LogP contribution is -2.41. The van der Waals surface area contributed by atoms with Crippen LogP contribution in [0.1, 0.15) is 43.6 Å². The molecule has 0 spiro atoms. The molecule has 2 aliphatic rings. The van der Waals surface area contributed by atoms with Crippen LogP contribution in [0.3, 0.4) is 0 Å². The predicted octanol–water partition coefficient (Wildman–Crippen LogP) is 3.85. The van der Waals surface area contributed by atoms with Crippen molar-refractivity contribution in [1.29, 1.82) is 0 Å². The first kappa shape index (κ1) is 26.1. The van der Waals surface area contributed by atoms with Crippen LogP contribution in [0.5, 0.6) is 5.75 Å². The summed E-state index contributed by atoms with van der Waals surface area (Å²) < 4.78 is 6.04. The van der Waals surface area contributed by atoms with E-state index in [2.05, 4.69) is 31.2 Å². The Morgan fingerprint density at radius 1 is 1.19 bits per heavy atom. The highest BCUT2D eigenvalue weighted by molar-refractivity contribution is 5.57. The van der Waals surface area contributed by atoms with Gasteiger partial charge in [-0.25, -0.2) is 9.97 Å². The van der Waals surface area contributed by atoms with Crippen LogP contribution in [0.15, 0.2) is 60.6 Å². The van der Waals surface area contributed by atoms with Crippen molar-refractivity contribution >= 4 is 11.6 Å². The van der Waals surface area contributed by atoms with Crippen LogP contribution in [0.2, 0.25) is 0 Å². The highest BCUT2D eigenvalue weighted by atomic mass is 16.5. The van der Waals surface area contributed by atoms with E-state index < -0.39 is 6.23 Å². The molecule has 8 heteroatoms. The van der Waals surface area contributed by atoms with Crippen molar-refractivity contribution < 1.29 is 9.84 Å². The van der Waals surface area contributed by atoms with Gasteiger partial charge in [0.2, 0.25) is 0 Å². The molecule has 0 bridgehead atoms. The van der Waals surface area contributed by atoms with Gasteiger partial charge in [0.1, 0.15) is 35.7 Å². The summed E-state index contributed by atoms with van der Waals surface area (Å²) in [6.07, 6.45) is 11.9. The summed E-state index contributed by atoms with van der Waals surface area (Å²) in [4.78, 5) is 13.1. The number of ether oxygens (including phenoxy) is 1. The molecule has 1 aliphatic carbocycles. The zero-order chi connectivity index (χ0) is 25.3. The van der Waals surface area contributed by atoms with E-state index in [4.69, 9.17) is 10.5 Å². The first-order valence-electron chi connectivity index (χ1n) is 13.0. The van der Waals surface area contributed by atoms with Gasteiger partial charge in [-0.3, -0.25) is 4.90 Å². The molecule has 1 aliphatic heterocycles. The van der Waals surface area contributed by atoms with E-state index in [1.165, 1.54) is 0 Å². The molecule has 0 amide bonds. The van der Waals surface area contributed by atoms with Crippen LogP contribution < -0.4 is 15.8 Å². The SMILES string of the molecule is CN(C)C/C=C/C(O)N1CCC(CNc2ncnc(N)c2C2CC=C(Oc3ccccc3)CC2)CC1. The van der Waals surface area contributed by atoms with Crippen LogP contribution in [0.25, 0.3) is 0 Å². The minimum absolute atomic E-state index is 0.266. The molecular weight excluding hydrogens is 452 g/mol. The predicted molar refractivity (Wildman–Crippen MR) is 145 cm³/mol. The van der Waals surface area contributed by atoms with E-state index in [-0.39, 0.29) is 5.92 Å². The van der Waals surface area contributed by atoms with Crippen LogP contribution in [0.4, 0.5) is 11.6 Å². The maximum Gasteiger partial charge on any atom is 0.135 e. The fourth-order valence-electron chi connectivity index (χ4n) is 4.94. The van der Waals surface area contributed by atoms with Gasteiger partial charge in [0.05, 0.1) is 0 Å². The first-order valence-corrected chi connectivity index (χ1v) is 13.0. The molecule has 2 aromatic rings. The number of piperidine rings is 1. The summed E-state index contributed by atoms with van der Waals surface area (Å²) in [7, 11) is 4.04. The summed E-state index contributed by atoms with van der Waals surface area (Å²) in [5.41, 5.74) is 7.36. The third-order valence-electron chi connectivity index (χ3n) is 7.04. The molecule has 0 saturated carbocycles. The van der Waals surface area contributed by atoms with Crippen molar-refractivity contribution in [3.8, 4) is 5.75 Å². The summed E-state index contributed by atoms with van der Waals surface area (Å²) >= 11 is 0. The lowest BCUT2D eigenvalue weighted by atomic mass is 9.87. The number of hydrogen-bond donors (Lipinski definition) is 3. The van der Waals surface area contributed by atoms with Gasteiger partial charge in [0.15, 0.2) is 0 Å². The van der Waals surface area contributed by atoms with Gasteiger partial charge in [-0.15, -0.1) is 0 Å². The fourth-order valence-corrected chi connectivity index (χ4v) is 4.94. The van der Waals surface area contributed by atoms with E-state index in [1.807, 2.05) is 56.6 Å². The third kappa shape index (κ3) is 7.29. The number of para-hydroxylation sites is 1. The van der Waals surface area contributed by atoms with Crippen LogP contribution in [-0.2, 0) is 0 Å². The number of likely N-dealkylation sites (N-methyl/N-ethyl adjacent to an activating group) is 1. The topological polar surface area (TPSA) is 99.8 Å². The fraction of sp³-hybridized carbons (Fsp3) is 0.500. The molecular formula is C28H40N6O2. The average Bonchev–Trinajstić information content (AvgIpc) is 2.89. The Kier molecular flexibility index (Phi) is 9.33. The Hall–Kier alpha value is -2.94. The molecule has 1 aromatic carbocycles. The smallest absolute Gasteiger partial charge is 0.135 e. The largest absolute Gasteiger partial charge is 0.462 e. The van der Waals surface area contributed by atoms with Crippen molar-refractivity contribution in [3.05, 3.63) is 66.2 Å². The number of aromatic nitrogens is 2. The van der Waals surface area contributed by atoms with E-state index >= 15 is 0 Å². The number of nitrogens with zero attached hydrogens (tertiary/aromatic N) is 4. The number of benzene rings is 1. The number of nitrogen functional groups attached to an aromatic ring is 1. The van der Waals surface area contributed by atoms with Gasteiger partial charge in [-0.05, 0) is 75.9 Å². The van der Waals surface area contributed by atoms with Gasteiger partial charge < -0.3 is 25.8 Å². The van der Waals surface area contributed by atoms with Crippen molar-refractivity contribution in [1.82, 2.24) is 19.8 Å². The molecule has 1 fully saturated rings.